The van der Waals surface area contributed by atoms with Gasteiger partial charge >= 0.3 is 32.1 Å². The van der Waals surface area contributed by atoms with E-state index in [0.29, 0.717) is 0 Å². The Balaban J connectivity index is -0.000000709. The van der Waals surface area contributed by atoms with Gasteiger partial charge in [-0.25, -0.2) is 4.58 Å². The van der Waals surface area contributed by atoms with Crippen LogP contribution in [-0.4, -0.2) is 52.9 Å². The van der Waals surface area contributed by atoms with Gasteiger partial charge in [0.25, 0.3) is 0 Å². The van der Waals surface area contributed by atoms with E-state index in [1.54, 1.807) is 0 Å². The van der Waals surface area contributed by atoms with E-state index >= 15 is 0 Å². The van der Waals surface area contributed by atoms with Crippen LogP contribution in [-0.2, 0) is 9.37 Å². The molecule has 0 amide bonds. The minimum atomic E-state index is -4.83. The summed E-state index contributed by atoms with van der Waals surface area (Å²) in [6, 6.07) is 0. The number of carboxylic acids is 1. The van der Waals surface area contributed by atoms with E-state index in [0.717, 1.165) is 32.1 Å². The molecule has 9 heteroatoms. The standard InChI is InChI=1S/C18H32O2.Mg.H3O5Si/c1-2-3-4-5-6-7-8-9-10-11-12-13-14-15-16-17-18(19)20;;1-5-6(2,3)4/h6-7,9-10H,2-5,8,11-17H2,1H3,(H,19,20);;1-3H/q;+2;-1/p-1/b7-6-,10-9-;;. The molecule has 3 N–H and O–H groups in total. The Hall–Kier alpha value is -0.267. The predicted octanol–water partition coefficient (Wildman–Crippen LogP) is 1.43. The number of rotatable bonds is 15. The number of carboxylic acid groups (broad SMARTS) is 1. The molecule has 0 saturated carbocycles. The van der Waals surface area contributed by atoms with Gasteiger partial charge in [-0.2, -0.15) is 0 Å². The number of aliphatic carboxylic acids is 1. The smallest absolute Gasteiger partial charge is 0.792 e. The summed E-state index contributed by atoms with van der Waals surface area (Å²) in [5.41, 5.74) is 0. The molecule has 0 fully saturated rings. The molecule has 0 bridgehead atoms. The maximum absolute atomic E-state index is 10.2. The van der Waals surface area contributed by atoms with Crippen LogP contribution in [0.15, 0.2) is 24.3 Å². The van der Waals surface area contributed by atoms with Gasteiger partial charge in [0.15, 0.2) is 0 Å². The Morgan fingerprint density at radius 1 is 0.926 bits per heavy atom. The monoisotopic (exact) mass is 414 g/mol. The van der Waals surface area contributed by atoms with Crippen molar-refractivity contribution in [2.45, 2.75) is 84.0 Å². The van der Waals surface area contributed by atoms with Crippen LogP contribution in [0.2, 0.25) is 0 Å². The second kappa shape index (κ2) is 23.8. The van der Waals surface area contributed by atoms with Crippen LogP contribution < -0.4 is 9.90 Å². The molecule has 0 unspecified atom stereocenters. The van der Waals surface area contributed by atoms with E-state index in [-0.39, 0.29) is 29.5 Å². The van der Waals surface area contributed by atoms with Gasteiger partial charge in [-0.1, -0.05) is 63.3 Å². The Bertz CT molecular complexity index is 371. The third-order valence-corrected chi connectivity index (χ3v) is 3.69. The van der Waals surface area contributed by atoms with Crippen LogP contribution in [0.25, 0.3) is 0 Å². The zero-order valence-electron chi connectivity index (χ0n) is 16.5. The molecule has 0 heterocycles. The zero-order valence-corrected chi connectivity index (χ0v) is 18.9. The van der Waals surface area contributed by atoms with Crippen LogP contribution in [0, 0.1) is 0 Å². The molecule has 0 rings (SSSR count). The van der Waals surface area contributed by atoms with Crippen molar-refractivity contribution < 1.29 is 34.1 Å². The van der Waals surface area contributed by atoms with E-state index in [1.807, 2.05) is 0 Å². The fourth-order valence-corrected chi connectivity index (χ4v) is 2.08. The summed E-state index contributed by atoms with van der Waals surface area (Å²) in [5.74, 6) is -0.921. The molecule has 0 aliphatic rings. The van der Waals surface area contributed by atoms with Gasteiger partial charge in [0.05, 0.1) is 0 Å². The molecular formula is C18H34MgO7Si. The number of hydrogen-bond acceptors (Lipinski definition) is 7. The van der Waals surface area contributed by atoms with Crippen molar-refractivity contribution in [3.63, 3.8) is 0 Å². The van der Waals surface area contributed by atoms with E-state index in [1.165, 1.54) is 38.5 Å². The zero-order chi connectivity index (χ0) is 20.1. The summed E-state index contributed by atoms with van der Waals surface area (Å²) in [6.45, 7) is 2.23. The molecule has 0 aromatic rings. The van der Waals surface area contributed by atoms with Crippen molar-refractivity contribution in [2.75, 3.05) is 0 Å². The average Bonchev–Trinajstić information content (AvgIpc) is 2.58. The Morgan fingerprint density at radius 2 is 1.37 bits per heavy atom. The first-order valence-corrected chi connectivity index (χ1v) is 11.0. The quantitative estimate of drug-likeness (QED) is 0.121. The number of carbonyl (C=O) groups is 1. The van der Waals surface area contributed by atoms with Crippen molar-refractivity contribution in [3.05, 3.63) is 24.3 Å². The van der Waals surface area contributed by atoms with Gasteiger partial charge in [0.2, 0.25) is 0 Å². The van der Waals surface area contributed by atoms with Crippen LogP contribution in [0.3, 0.4) is 0 Å². The molecule has 0 aliphatic carbocycles. The third-order valence-electron chi connectivity index (χ3n) is 3.45. The molecule has 0 atom stereocenters. The number of hydrogen-bond donors (Lipinski definition) is 3. The second-order valence-corrected chi connectivity index (χ2v) is 7.27. The van der Waals surface area contributed by atoms with E-state index in [4.69, 9.17) is 14.8 Å². The Labute approximate surface area is 180 Å². The fraction of sp³-hybridized carbons (Fsp3) is 0.722. The van der Waals surface area contributed by atoms with Crippen molar-refractivity contribution >= 4 is 38.1 Å². The summed E-state index contributed by atoms with van der Waals surface area (Å²) in [6.07, 6.45) is 21.9. The SMILES string of the molecule is CCCCC/C=C\C/C=C\CCCCCCCC(=O)[O-].[Mg+2].[O-][Si](O)(O)OO. The van der Waals surface area contributed by atoms with Crippen molar-refractivity contribution in [1.29, 1.82) is 0 Å². The van der Waals surface area contributed by atoms with E-state index in [2.05, 4.69) is 35.8 Å². The fourth-order valence-electron chi connectivity index (χ4n) is 2.08. The van der Waals surface area contributed by atoms with Crippen LogP contribution in [0.5, 0.6) is 0 Å². The van der Waals surface area contributed by atoms with Crippen molar-refractivity contribution in [1.82, 2.24) is 0 Å². The minimum Gasteiger partial charge on any atom is -0.792 e. The normalized spacial score (nSPS) is 11.3. The molecule has 154 valence electrons. The second-order valence-electron chi connectivity index (χ2n) is 5.99. The third kappa shape index (κ3) is 37.2. The molecule has 0 radical (unpaired) electrons. The van der Waals surface area contributed by atoms with Crippen molar-refractivity contribution in [3.8, 4) is 0 Å². The summed E-state index contributed by atoms with van der Waals surface area (Å²) in [7, 11) is -4.83. The van der Waals surface area contributed by atoms with E-state index < -0.39 is 15.0 Å². The van der Waals surface area contributed by atoms with Crippen LogP contribution >= 0.6 is 0 Å². The van der Waals surface area contributed by atoms with Gasteiger partial charge in [0.1, 0.15) is 0 Å². The average molecular weight is 415 g/mol. The molecule has 7 nitrogen and oxygen atoms in total. The van der Waals surface area contributed by atoms with Gasteiger partial charge in [-0.3, -0.25) is 5.26 Å². The topological polar surface area (TPSA) is 133 Å². The first-order valence-electron chi connectivity index (χ1n) is 9.31. The Morgan fingerprint density at radius 3 is 1.81 bits per heavy atom. The van der Waals surface area contributed by atoms with Gasteiger partial charge < -0.3 is 24.3 Å². The molecule has 0 aliphatic heterocycles. The molecule has 27 heavy (non-hydrogen) atoms. The summed E-state index contributed by atoms with van der Waals surface area (Å²) in [4.78, 5) is 34.4. The summed E-state index contributed by atoms with van der Waals surface area (Å²) < 4.78 is 2.63. The molecule has 0 saturated heterocycles. The van der Waals surface area contributed by atoms with Gasteiger partial charge in [-0.15, -0.1) is 0 Å². The number of allylic oxidation sites excluding steroid dienone is 4. The minimum absolute atomic E-state index is 0. The maximum atomic E-state index is 10.2. The first-order chi connectivity index (χ1) is 12.3. The van der Waals surface area contributed by atoms with Gasteiger partial charge in [0, 0.05) is 5.97 Å². The van der Waals surface area contributed by atoms with Crippen LogP contribution in [0.4, 0.5) is 0 Å². The van der Waals surface area contributed by atoms with Crippen LogP contribution in [0.1, 0.15) is 84.0 Å². The summed E-state index contributed by atoms with van der Waals surface area (Å²) >= 11 is 0. The van der Waals surface area contributed by atoms with E-state index in [9.17, 15) is 14.7 Å². The van der Waals surface area contributed by atoms with Gasteiger partial charge in [-0.05, 0) is 44.9 Å². The van der Waals surface area contributed by atoms with Crippen molar-refractivity contribution in [2.24, 2.45) is 0 Å². The molecular weight excluding hydrogens is 381 g/mol. The largest absolute Gasteiger partial charge is 2.00 e. The molecule has 0 aromatic heterocycles. The number of carbonyl (C=O) groups excluding carboxylic acids is 1. The molecule has 0 spiro atoms. The number of unbranched alkanes of at least 4 members (excludes halogenated alkanes) is 8. The predicted molar refractivity (Wildman–Crippen MR) is 104 cm³/mol. The summed E-state index contributed by atoms with van der Waals surface area (Å²) in [5, 5.41) is 17.4. The maximum Gasteiger partial charge on any atom is 2.00 e. The Kier molecular flexibility index (Phi) is 27.7. The first kappa shape index (κ1) is 31.4. The molecule has 0 aromatic carbocycles.